The lowest BCUT2D eigenvalue weighted by Gasteiger charge is -2.12. The third-order valence-corrected chi connectivity index (χ3v) is 4.31. The number of oxazole rings is 1. The minimum Gasteiger partial charge on any atom is -0.441 e. The molecule has 1 heterocycles. The minimum atomic E-state index is -0.340. The second kappa shape index (κ2) is 6.93. The molecule has 0 atom stereocenters. The molecule has 0 radical (unpaired) electrons. The molecule has 1 aromatic heterocycles. The highest BCUT2D eigenvalue weighted by Crippen LogP contribution is 2.27. The van der Waals surface area contributed by atoms with Crippen molar-refractivity contribution in [3.8, 4) is 17.2 Å². The number of benzene rings is 2. The number of rotatable bonds is 4. The fourth-order valence-corrected chi connectivity index (χ4v) is 2.67. The fraction of sp³-hybridized carbons (Fsp3) is 0.238. The smallest absolute Gasteiger partial charge is 0.317 e. The summed E-state index contributed by atoms with van der Waals surface area (Å²) in [6, 6.07) is 13.6. The minimum absolute atomic E-state index is 0.0784. The van der Waals surface area contributed by atoms with Gasteiger partial charge in [-0.25, -0.2) is 4.98 Å². The number of aryl methyl sites for hydroxylation is 3. The highest BCUT2D eigenvalue weighted by molar-refractivity contribution is 5.76. The van der Waals surface area contributed by atoms with Crippen LogP contribution in [0.25, 0.3) is 11.5 Å². The van der Waals surface area contributed by atoms with Crippen molar-refractivity contribution in [3.05, 3.63) is 70.6 Å². The molecule has 2 aromatic carbocycles. The third kappa shape index (κ3) is 3.63. The maximum atomic E-state index is 12.4. The lowest BCUT2D eigenvalue weighted by atomic mass is 10.1. The Morgan fingerprint density at radius 2 is 1.68 bits per heavy atom. The molecule has 128 valence electrons. The van der Waals surface area contributed by atoms with E-state index in [2.05, 4.69) is 4.98 Å². The van der Waals surface area contributed by atoms with Crippen LogP contribution >= 0.6 is 0 Å². The van der Waals surface area contributed by atoms with Crippen molar-refractivity contribution in [2.75, 3.05) is 0 Å². The first-order chi connectivity index (χ1) is 12.0. The second-order valence-electron chi connectivity index (χ2n) is 6.19. The zero-order valence-corrected chi connectivity index (χ0v) is 14.9. The van der Waals surface area contributed by atoms with E-state index in [4.69, 9.17) is 9.15 Å². The van der Waals surface area contributed by atoms with Crippen LogP contribution in [0.4, 0.5) is 0 Å². The molecule has 25 heavy (non-hydrogen) atoms. The van der Waals surface area contributed by atoms with E-state index in [1.54, 1.807) is 0 Å². The summed E-state index contributed by atoms with van der Waals surface area (Å²) in [7, 11) is 0. The summed E-state index contributed by atoms with van der Waals surface area (Å²) in [5, 5.41) is 0. The van der Waals surface area contributed by atoms with Crippen molar-refractivity contribution < 1.29 is 13.9 Å². The molecule has 3 aromatic rings. The summed E-state index contributed by atoms with van der Waals surface area (Å²) < 4.78 is 11.3. The van der Waals surface area contributed by atoms with Crippen LogP contribution in [0.3, 0.4) is 0 Å². The average Bonchev–Trinajstić information content (AvgIpc) is 2.97. The van der Waals surface area contributed by atoms with Crippen LogP contribution in [0.5, 0.6) is 5.75 Å². The summed E-state index contributed by atoms with van der Waals surface area (Å²) in [4.78, 5) is 16.8. The number of nitrogens with zero attached hydrogens (tertiary/aromatic N) is 1. The zero-order chi connectivity index (χ0) is 18.0. The van der Waals surface area contributed by atoms with E-state index in [9.17, 15) is 4.79 Å². The Balaban J connectivity index is 1.78. The molecule has 0 amide bonds. The molecule has 0 spiro atoms. The van der Waals surface area contributed by atoms with E-state index in [0.717, 1.165) is 22.3 Å². The van der Waals surface area contributed by atoms with Crippen LogP contribution in [0, 0.1) is 27.7 Å². The Bertz CT molecular complexity index is 910. The Kier molecular flexibility index (Phi) is 4.70. The molecule has 0 unspecified atom stereocenters. The van der Waals surface area contributed by atoms with Crippen LogP contribution in [0.1, 0.15) is 28.1 Å². The Hall–Kier alpha value is -2.88. The Morgan fingerprint density at radius 3 is 2.40 bits per heavy atom. The van der Waals surface area contributed by atoms with Crippen molar-refractivity contribution >= 4 is 5.97 Å². The molecule has 0 bridgehead atoms. The SMILES string of the molecule is Cc1ccc(C)c(OC(=O)Cc2nc(-c3ccccc3)oc2C)c1C. The van der Waals surface area contributed by atoms with Gasteiger partial charge in [-0.15, -0.1) is 0 Å². The molecule has 0 N–H and O–H groups in total. The molecule has 0 saturated heterocycles. The van der Waals surface area contributed by atoms with E-state index >= 15 is 0 Å². The standard InChI is InChI=1S/C21H21NO3/c1-13-10-11-14(2)20(15(13)3)25-19(23)12-18-16(4)24-21(22-18)17-8-6-5-7-9-17/h5-11H,12H2,1-4H3. The molecule has 0 aliphatic heterocycles. The highest BCUT2D eigenvalue weighted by Gasteiger charge is 2.17. The van der Waals surface area contributed by atoms with Gasteiger partial charge in [-0.05, 0) is 56.5 Å². The van der Waals surface area contributed by atoms with E-state index in [-0.39, 0.29) is 12.4 Å². The number of hydrogen-bond acceptors (Lipinski definition) is 4. The van der Waals surface area contributed by atoms with Gasteiger partial charge in [-0.3, -0.25) is 4.79 Å². The van der Waals surface area contributed by atoms with Crippen LogP contribution in [-0.2, 0) is 11.2 Å². The quantitative estimate of drug-likeness (QED) is 0.511. The molecular formula is C21H21NO3. The van der Waals surface area contributed by atoms with Gasteiger partial charge in [0, 0.05) is 5.56 Å². The third-order valence-electron chi connectivity index (χ3n) is 4.31. The Morgan fingerprint density at radius 1 is 1.00 bits per heavy atom. The van der Waals surface area contributed by atoms with Crippen molar-refractivity contribution in [1.29, 1.82) is 0 Å². The number of esters is 1. The fourth-order valence-electron chi connectivity index (χ4n) is 2.67. The summed E-state index contributed by atoms with van der Waals surface area (Å²) in [5.74, 6) is 1.44. The predicted octanol–water partition coefficient (Wildman–Crippen LogP) is 4.72. The van der Waals surface area contributed by atoms with Gasteiger partial charge in [-0.1, -0.05) is 30.3 Å². The van der Waals surface area contributed by atoms with Crippen LogP contribution in [-0.4, -0.2) is 11.0 Å². The van der Waals surface area contributed by atoms with Crippen molar-refractivity contribution in [1.82, 2.24) is 4.98 Å². The lowest BCUT2D eigenvalue weighted by Crippen LogP contribution is -2.14. The molecule has 0 aliphatic rings. The molecule has 3 rings (SSSR count). The molecule has 4 nitrogen and oxygen atoms in total. The predicted molar refractivity (Wildman–Crippen MR) is 96.7 cm³/mol. The van der Waals surface area contributed by atoms with Crippen molar-refractivity contribution in [2.24, 2.45) is 0 Å². The molecule has 0 aliphatic carbocycles. The summed E-state index contributed by atoms with van der Waals surface area (Å²) >= 11 is 0. The maximum Gasteiger partial charge on any atom is 0.317 e. The monoisotopic (exact) mass is 335 g/mol. The van der Waals surface area contributed by atoms with Crippen molar-refractivity contribution in [3.63, 3.8) is 0 Å². The van der Waals surface area contributed by atoms with Crippen LogP contribution in [0.2, 0.25) is 0 Å². The van der Waals surface area contributed by atoms with Crippen LogP contribution in [0.15, 0.2) is 46.9 Å². The summed E-state index contributed by atoms with van der Waals surface area (Å²) in [5.41, 5.74) is 4.51. The second-order valence-corrected chi connectivity index (χ2v) is 6.19. The molecular weight excluding hydrogens is 314 g/mol. The summed E-state index contributed by atoms with van der Waals surface area (Å²) in [6.07, 6.45) is 0.0784. The van der Waals surface area contributed by atoms with Gasteiger partial charge in [0.25, 0.3) is 0 Å². The van der Waals surface area contributed by atoms with E-state index < -0.39 is 0 Å². The van der Waals surface area contributed by atoms with Gasteiger partial charge in [0.15, 0.2) is 0 Å². The van der Waals surface area contributed by atoms with Gasteiger partial charge in [-0.2, -0.15) is 0 Å². The number of carbonyl (C=O) groups is 1. The van der Waals surface area contributed by atoms with Gasteiger partial charge in [0.05, 0.1) is 12.1 Å². The maximum absolute atomic E-state index is 12.4. The largest absolute Gasteiger partial charge is 0.441 e. The normalized spacial score (nSPS) is 10.7. The molecule has 0 saturated carbocycles. The number of carbonyl (C=O) groups excluding carboxylic acids is 1. The first-order valence-electron chi connectivity index (χ1n) is 8.25. The van der Waals surface area contributed by atoms with Crippen molar-refractivity contribution in [2.45, 2.75) is 34.1 Å². The number of hydrogen-bond donors (Lipinski definition) is 0. The average molecular weight is 335 g/mol. The number of aromatic nitrogens is 1. The molecule has 0 fully saturated rings. The van der Waals surface area contributed by atoms with Gasteiger partial charge in [0.2, 0.25) is 5.89 Å². The summed E-state index contributed by atoms with van der Waals surface area (Å²) in [6.45, 7) is 7.70. The first kappa shape index (κ1) is 17.0. The Labute approximate surface area is 147 Å². The zero-order valence-electron chi connectivity index (χ0n) is 14.9. The molecule has 4 heteroatoms. The van der Waals surface area contributed by atoms with Gasteiger partial charge >= 0.3 is 5.97 Å². The van der Waals surface area contributed by atoms with E-state index in [1.165, 1.54) is 0 Å². The van der Waals surface area contributed by atoms with Gasteiger partial charge in [0.1, 0.15) is 11.5 Å². The first-order valence-corrected chi connectivity index (χ1v) is 8.25. The van der Waals surface area contributed by atoms with Gasteiger partial charge < -0.3 is 9.15 Å². The van der Waals surface area contributed by atoms with Crippen LogP contribution < -0.4 is 4.74 Å². The highest BCUT2D eigenvalue weighted by atomic mass is 16.5. The lowest BCUT2D eigenvalue weighted by molar-refractivity contribution is -0.133. The van der Waals surface area contributed by atoms with E-state index in [1.807, 2.05) is 70.2 Å². The number of ether oxygens (including phenoxy) is 1. The van der Waals surface area contributed by atoms with E-state index in [0.29, 0.717) is 23.1 Å². The topological polar surface area (TPSA) is 52.3 Å².